The van der Waals surface area contributed by atoms with E-state index in [0.717, 1.165) is 18.7 Å². The molecule has 0 spiro atoms. The smallest absolute Gasteiger partial charge is 0.0493 e. The van der Waals surface area contributed by atoms with Crippen molar-refractivity contribution in [2.45, 2.75) is 13.8 Å². The molecule has 1 aromatic rings. The van der Waals surface area contributed by atoms with Gasteiger partial charge in [-0.1, -0.05) is 55.3 Å². The number of nitrogens with one attached hydrogen (secondary N) is 1. The topological polar surface area (TPSA) is 12.0 Å². The zero-order valence-corrected chi connectivity index (χ0v) is 11.1. The fourth-order valence-corrected chi connectivity index (χ4v) is 1.83. The van der Waals surface area contributed by atoms with E-state index in [1.54, 1.807) is 0 Å². The predicted octanol–water partition coefficient (Wildman–Crippen LogP) is 4.25. The summed E-state index contributed by atoms with van der Waals surface area (Å²) in [5.74, 6) is 0.664. The maximum atomic E-state index is 6.04. The molecule has 0 aliphatic carbocycles. The highest BCUT2D eigenvalue weighted by molar-refractivity contribution is 6.37. The summed E-state index contributed by atoms with van der Waals surface area (Å²) in [5, 5.41) is 4.70. The Kier molecular flexibility index (Phi) is 5.89. The molecule has 0 aromatic heterocycles. The summed E-state index contributed by atoms with van der Waals surface area (Å²) >= 11 is 12.1. The van der Waals surface area contributed by atoms with Gasteiger partial charge in [-0.25, -0.2) is 0 Å². The third kappa shape index (κ3) is 4.56. The van der Waals surface area contributed by atoms with Gasteiger partial charge in [-0.3, -0.25) is 0 Å². The quantitative estimate of drug-likeness (QED) is 0.778. The number of hydrogen-bond donors (Lipinski definition) is 1. The van der Waals surface area contributed by atoms with E-state index < -0.39 is 0 Å². The Morgan fingerprint density at radius 3 is 2.44 bits per heavy atom. The molecule has 0 amide bonds. The van der Waals surface area contributed by atoms with Gasteiger partial charge in [0.15, 0.2) is 0 Å². The predicted molar refractivity (Wildman–Crippen MR) is 73.2 cm³/mol. The average molecular weight is 258 g/mol. The van der Waals surface area contributed by atoms with E-state index in [4.69, 9.17) is 23.2 Å². The lowest BCUT2D eigenvalue weighted by Crippen LogP contribution is -2.19. The van der Waals surface area contributed by atoms with Crippen molar-refractivity contribution in [2.24, 2.45) is 5.92 Å². The summed E-state index contributed by atoms with van der Waals surface area (Å²) in [6, 6.07) is 5.53. The lowest BCUT2D eigenvalue weighted by atomic mass is 10.2. The van der Waals surface area contributed by atoms with Gasteiger partial charge in [0.05, 0.1) is 0 Å². The maximum Gasteiger partial charge on any atom is 0.0493 e. The highest BCUT2D eigenvalue weighted by Gasteiger charge is 2.00. The van der Waals surface area contributed by atoms with Crippen molar-refractivity contribution >= 4 is 29.3 Å². The molecule has 0 atom stereocenters. The molecule has 3 heteroatoms. The summed E-state index contributed by atoms with van der Waals surface area (Å²) in [6.45, 7) is 6.21. The fourth-order valence-electron chi connectivity index (χ4n) is 1.30. The van der Waals surface area contributed by atoms with Gasteiger partial charge >= 0.3 is 0 Å². The molecule has 1 rings (SSSR count). The van der Waals surface area contributed by atoms with Crippen LogP contribution in [-0.4, -0.2) is 13.1 Å². The lowest BCUT2D eigenvalue weighted by molar-refractivity contribution is 0.577. The highest BCUT2D eigenvalue weighted by Crippen LogP contribution is 2.25. The molecule has 0 unspecified atom stereocenters. The number of hydrogen-bond acceptors (Lipinski definition) is 1. The van der Waals surface area contributed by atoms with Gasteiger partial charge in [0.2, 0.25) is 0 Å². The highest BCUT2D eigenvalue weighted by atomic mass is 35.5. The molecule has 0 aliphatic heterocycles. The van der Waals surface area contributed by atoms with Crippen LogP contribution in [0, 0.1) is 5.92 Å². The molecule has 1 nitrogen and oxygen atoms in total. The molecule has 0 saturated heterocycles. The van der Waals surface area contributed by atoms with Crippen molar-refractivity contribution in [2.75, 3.05) is 13.1 Å². The van der Waals surface area contributed by atoms with Crippen LogP contribution in [0.3, 0.4) is 0 Å². The van der Waals surface area contributed by atoms with Crippen LogP contribution in [0.25, 0.3) is 6.08 Å². The average Bonchev–Trinajstić information content (AvgIpc) is 2.21. The molecule has 0 aliphatic rings. The van der Waals surface area contributed by atoms with Crippen molar-refractivity contribution in [1.82, 2.24) is 5.32 Å². The summed E-state index contributed by atoms with van der Waals surface area (Å²) in [7, 11) is 0. The Morgan fingerprint density at radius 1 is 1.25 bits per heavy atom. The second kappa shape index (κ2) is 6.95. The third-order valence-electron chi connectivity index (χ3n) is 2.10. The Labute approximate surface area is 107 Å². The first-order chi connectivity index (χ1) is 7.61. The normalized spacial score (nSPS) is 11.6. The van der Waals surface area contributed by atoms with E-state index in [1.165, 1.54) is 0 Å². The summed E-state index contributed by atoms with van der Waals surface area (Å²) in [4.78, 5) is 0. The van der Waals surface area contributed by atoms with Crippen LogP contribution in [0.4, 0.5) is 0 Å². The molecule has 88 valence electrons. The van der Waals surface area contributed by atoms with Crippen molar-refractivity contribution in [3.8, 4) is 0 Å². The second-order valence-electron chi connectivity index (χ2n) is 4.09. The second-order valence-corrected chi connectivity index (χ2v) is 4.90. The third-order valence-corrected chi connectivity index (χ3v) is 2.76. The minimum Gasteiger partial charge on any atom is -0.313 e. The maximum absolute atomic E-state index is 6.04. The summed E-state index contributed by atoms with van der Waals surface area (Å²) in [5.41, 5.74) is 0.886. The van der Waals surface area contributed by atoms with E-state index in [1.807, 2.05) is 30.4 Å². The first kappa shape index (κ1) is 13.6. The molecule has 0 bridgehead atoms. The summed E-state index contributed by atoms with van der Waals surface area (Å²) in [6.07, 6.45) is 3.99. The SMILES string of the molecule is CC(C)CNCC=Cc1c(Cl)cccc1Cl. The Morgan fingerprint density at radius 2 is 1.88 bits per heavy atom. The fraction of sp³-hybridized carbons (Fsp3) is 0.385. The molecule has 16 heavy (non-hydrogen) atoms. The molecule has 0 fully saturated rings. The standard InChI is InChI=1S/C13H17Cl2N/c1-10(2)9-16-8-4-5-11-12(14)6-3-7-13(11)15/h3-7,10,16H,8-9H2,1-2H3. The first-order valence-corrected chi connectivity index (χ1v) is 6.18. The number of rotatable bonds is 5. The molecular weight excluding hydrogens is 241 g/mol. The Balaban J connectivity index is 2.50. The van der Waals surface area contributed by atoms with Crippen LogP contribution >= 0.6 is 23.2 Å². The van der Waals surface area contributed by atoms with Crippen LogP contribution in [0.2, 0.25) is 10.0 Å². The van der Waals surface area contributed by atoms with Gasteiger partial charge in [-0.2, -0.15) is 0 Å². The van der Waals surface area contributed by atoms with Gasteiger partial charge < -0.3 is 5.32 Å². The minimum atomic E-state index is 0.664. The summed E-state index contributed by atoms with van der Waals surface area (Å²) < 4.78 is 0. The van der Waals surface area contributed by atoms with Gasteiger partial charge in [0.25, 0.3) is 0 Å². The van der Waals surface area contributed by atoms with Crippen LogP contribution in [0.1, 0.15) is 19.4 Å². The number of benzene rings is 1. The monoisotopic (exact) mass is 257 g/mol. The first-order valence-electron chi connectivity index (χ1n) is 5.42. The van der Waals surface area contributed by atoms with Crippen molar-refractivity contribution in [1.29, 1.82) is 0 Å². The Hall–Kier alpha value is -0.500. The molecule has 0 heterocycles. The van der Waals surface area contributed by atoms with Crippen molar-refractivity contribution in [3.05, 3.63) is 39.9 Å². The zero-order chi connectivity index (χ0) is 12.0. The van der Waals surface area contributed by atoms with Gasteiger partial charge in [-0.05, 0) is 24.6 Å². The molecule has 0 radical (unpaired) electrons. The molecular formula is C13H17Cl2N. The van der Waals surface area contributed by atoms with Crippen LogP contribution in [0.5, 0.6) is 0 Å². The van der Waals surface area contributed by atoms with Crippen LogP contribution in [0.15, 0.2) is 24.3 Å². The van der Waals surface area contributed by atoms with E-state index in [9.17, 15) is 0 Å². The van der Waals surface area contributed by atoms with Crippen LogP contribution < -0.4 is 5.32 Å². The lowest BCUT2D eigenvalue weighted by Gasteiger charge is -2.04. The van der Waals surface area contributed by atoms with Gasteiger partial charge in [0, 0.05) is 22.2 Å². The zero-order valence-electron chi connectivity index (χ0n) is 9.63. The van der Waals surface area contributed by atoms with Gasteiger partial charge in [-0.15, -0.1) is 0 Å². The van der Waals surface area contributed by atoms with E-state index >= 15 is 0 Å². The van der Waals surface area contributed by atoms with Crippen LogP contribution in [-0.2, 0) is 0 Å². The minimum absolute atomic E-state index is 0.664. The van der Waals surface area contributed by atoms with Crippen molar-refractivity contribution in [3.63, 3.8) is 0 Å². The van der Waals surface area contributed by atoms with E-state index in [-0.39, 0.29) is 0 Å². The van der Waals surface area contributed by atoms with E-state index in [0.29, 0.717) is 16.0 Å². The largest absolute Gasteiger partial charge is 0.313 e. The molecule has 1 aromatic carbocycles. The van der Waals surface area contributed by atoms with E-state index in [2.05, 4.69) is 19.2 Å². The van der Waals surface area contributed by atoms with Gasteiger partial charge in [0.1, 0.15) is 0 Å². The Bertz CT molecular complexity index is 339. The molecule has 1 N–H and O–H groups in total. The number of halogens is 2. The molecule has 0 saturated carbocycles. The van der Waals surface area contributed by atoms with Crippen molar-refractivity contribution < 1.29 is 0 Å².